The van der Waals surface area contributed by atoms with E-state index in [0.29, 0.717) is 6.04 Å². The molecule has 0 aromatic heterocycles. The molecule has 0 heterocycles. The Balaban J connectivity index is 2.24. The first-order valence-electron chi connectivity index (χ1n) is 5.20. The van der Waals surface area contributed by atoms with Gasteiger partial charge in [-0.15, -0.1) is 0 Å². The van der Waals surface area contributed by atoms with E-state index in [4.69, 9.17) is 5.73 Å². The lowest BCUT2D eigenvalue weighted by Crippen LogP contribution is -2.33. The van der Waals surface area contributed by atoms with Gasteiger partial charge in [0.25, 0.3) is 0 Å². The highest BCUT2D eigenvalue weighted by Crippen LogP contribution is 2.25. The van der Waals surface area contributed by atoms with Crippen LogP contribution in [0.15, 0.2) is 18.2 Å². The summed E-state index contributed by atoms with van der Waals surface area (Å²) >= 11 is 0. The van der Waals surface area contributed by atoms with Crippen LogP contribution in [-0.2, 0) is 12.8 Å². The van der Waals surface area contributed by atoms with Crippen LogP contribution in [0.1, 0.15) is 17.5 Å². The van der Waals surface area contributed by atoms with Gasteiger partial charge in [-0.3, -0.25) is 0 Å². The molecule has 0 unspecified atom stereocenters. The van der Waals surface area contributed by atoms with Crippen molar-refractivity contribution < 1.29 is 0 Å². The minimum absolute atomic E-state index is 0.685. The first-order valence-corrected chi connectivity index (χ1v) is 5.20. The Labute approximate surface area is 85.7 Å². The van der Waals surface area contributed by atoms with E-state index in [9.17, 15) is 0 Å². The Kier molecular flexibility index (Phi) is 2.46. The van der Waals surface area contributed by atoms with Gasteiger partial charge in [0, 0.05) is 11.7 Å². The van der Waals surface area contributed by atoms with Crippen LogP contribution in [-0.4, -0.2) is 25.0 Å². The number of aryl methyl sites for hydroxylation is 1. The maximum absolute atomic E-state index is 5.79. The van der Waals surface area contributed by atoms with Gasteiger partial charge in [-0.1, -0.05) is 6.07 Å². The van der Waals surface area contributed by atoms with Crippen LogP contribution in [0, 0.1) is 0 Å². The molecule has 2 rings (SSSR count). The third-order valence-corrected chi connectivity index (χ3v) is 3.16. The zero-order valence-corrected chi connectivity index (χ0v) is 8.96. The van der Waals surface area contributed by atoms with Crippen molar-refractivity contribution in [2.24, 2.45) is 0 Å². The molecule has 2 heteroatoms. The molecule has 1 atom stereocenters. The average Bonchev–Trinajstić information content (AvgIpc) is 2.16. The van der Waals surface area contributed by atoms with Gasteiger partial charge in [-0.05, 0) is 56.6 Å². The molecular formula is C12H18N2. The van der Waals surface area contributed by atoms with E-state index in [2.05, 4.69) is 31.1 Å². The molecular weight excluding hydrogens is 172 g/mol. The van der Waals surface area contributed by atoms with E-state index in [1.165, 1.54) is 24.0 Å². The van der Waals surface area contributed by atoms with E-state index in [0.717, 1.165) is 12.1 Å². The fourth-order valence-electron chi connectivity index (χ4n) is 2.20. The van der Waals surface area contributed by atoms with Crippen molar-refractivity contribution >= 4 is 5.69 Å². The highest BCUT2D eigenvalue weighted by atomic mass is 15.1. The second kappa shape index (κ2) is 3.62. The van der Waals surface area contributed by atoms with Crippen molar-refractivity contribution in [3.8, 4) is 0 Å². The van der Waals surface area contributed by atoms with Crippen molar-refractivity contribution in [3.05, 3.63) is 29.3 Å². The quantitative estimate of drug-likeness (QED) is 0.683. The number of nitrogens with zero attached hydrogens (tertiary/aromatic N) is 1. The van der Waals surface area contributed by atoms with Crippen LogP contribution in [0.4, 0.5) is 5.69 Å². The summed E-state index contributed by atoms with van der Waals surface area (Å²) in [7, 11) is 4.31. The normalized spacial score (nSPS) is 20.9. The van der Waals surface area contributed by atoms with Crippen LogP contribution >= 0.6 is 0 Å². The lowest BCUT2D eigenvalue weighted by molar-refractivity contribution is 0.268. The van der Waals surface area contributed by atoms with Gasteiger partial charge in [0.2, 0.25) is 0 Å². The van der Waals surface area contributed by atoms with Gasteiger partial charge < -0.3 is 10.6 Å². The number of hydrogen-bond donors (Lipinski definition) is 1. The molecule has 2 N–H and O–H groups in total. The number of nitrogen functional groups attached to an aromatic ring is 1. The third-order valence-electron chi connectivity index (χ3n) is 3.16. The first kappa shape index (κ1) is 9.53. The van der Waals surface area contributed by atoms with E-state index in [1.807, 2.05) is 6.07 Å². The molecule has 0 saturated carbocycles. The molecule has 0 spiro atoms. The van der Waals surface area contributed by atoms with Crippen molar-refractivity contribution in [1.82, 2.24) is 4.90 Å². The zero-order chi connectivity index (χ0) is 10.1. The van der Waals surface area contributed by atoms with Crippen molar-refractivity contribution in [3.63, 3.8) is 0 Å². The van der Waals surface area contributed by atoms with E-state index in [1.54, 1.807) is 0 Å². The zero-order valence-electron chi connectivity index (χ0n) is 8.96. The summed E-state index contributed by atoms with van der Waals surface area (Å²) in [6, 6.07) is 7.00. The van der Waals surface area contributed by atoms with Gasteiger partial charge in [-0.25, -0.2) is 0 Å². The van der Waals surface area contributed by atoms with Crippen LogP contribution in [0.25, 0.3) is 0 Å². The smallest absolute Gasteiger partial charge is 0.0316 e. The highest BCUT2D eigenvalue weighted by molar-refractivity contribution is 5.46. The summed E-state index contributed by atoms with van der Waals surface area (Å²) in [5.41, 5.74) is 9.60. The fourth-order valence-corrected chi connectivity index (χ4v) is 2.20. The second-order valence-electron chi connectivity index (χ2n) is 4.39. The van der Waals surface area contributed by atoms with Crippen molar-refractivity contribution in [2.45, 2.75) is 25.3 Å². The summed E-state index contributed by atoms with van der Waals surface area (Å²) in [5, 5.41) is 0. The number of likely N-dealkylation sites (N-methyl/N-ethyl adjacent to an activating group) is 1. The molecule has 76 valence electrons. The lowest BCUT2D eigenvalue weighted by atomic mass is 9.87. The summed E-state index contributed by atoms with van der Waals surface area (Å²) in [5.74, 6) is 0. The van der Waals surface area contributed by atoms with Crippen LogP contribution in [0.3, 0.4) is 0 Å². The number of rotatable bonds is 1. The van der Waals surface area contributed by atoms with Crippen LogP contribution < -0.4 is 5.73 Å². The largest absolute Gasteiger partial charge is 0.399 e. The van der Waals surface area contributed by atoms with Gasteiger partial charge in [-0.2, -0.15) is 0 Å². The van der Waals surface area contributed by atoms with Crippen LogP contribution in [0.5, 0.6) is 0 Å². The molecule has 1 aliphatic carbocycles. The van der Waals surface area contributed by atoms with Gasteiger partial charge in [0.1, 0.15) is 0 Å². The van der Waals surface area contributed by atoms with Gasteiger partial charge in [0.15, 0.2) is 0 Å². The molecule has 1 aromatic rings. The monoisotopic (exact) mass is 190 g/mol. The van der Waals surface area contributed by atoms with Crippen molar-refractivity contribution in [2.75, 3.05) is 19.8 Å². The predicted octanol–water partition coefficient (Wildman–Crippen LogP) is 1.69. The summed E-state index contributed by atoms with van der Waals surface area (Å²) in [6.07, 6.45) is 3.61. The number of fused-ring (bicyclic) bond motifs is 1. The Morgan fingerprint density at radius 3 is 2.79 bits per heavy atom. The average molecular weight is 190 g/mol. The van der Waals surface area contributed by atoms with E-state index < -0.39 is 0 Å². The second-order valence-corrected chi connectivity index (χ2v) is 4.39. The maximum atomic E-state index is 5.79. The maximum Gasteiger partial charge on any atom is 0.0316 e. The Hall–Kier alpha value is -1.02. The molecule has 0 radical (unpaired) electrons. The first-order chi connectivity index (χ1) is 6.66. The Morgan fingerprint density at radius 1 is 1.29 bits per heavy atom. The lowest BCUT2D eigenvalue weighted by Gasteiger charge is -2.29. The minimum atomic E-state index is 0.685. The topological polar surface area (TPSA) is 29.3 Å². The number of hydrogen-bond acceptors (Lipinski definition) is 2. The van der Waals surface area contributed by atoms with Crippen molar-refractivity contribution in [1.29, 1.82) is 0 Å². The van der Waals surface area contributed by atoms with Crippen LogP contribution in [0.2, 0.25) is 0 Å². The minimum Gasteiger partial charge on any atom is -0.399 e. The molecule has 1 aromatic carbocycles. The number of anilines is 1. The molecule has 1 aliphatic rings. The fraction of sp³-hybridized carbons (Fsp3) is 0.500. The van der Waals surface area contributed by atoms with Gasteiger partial charge >= 0.3 is 0 Å². The number of nitrogens with two attached hydrogens (primary N) is 1. The third kappa shape index (κ3) is 1.75. The summed E-state index contributed by atoms with van der Waals surface area (Å²) < 4.78 is 0. The molecule has 0 saturated heterocycles. The molecule has 2 nitrogen and oxygen atoms in total. The van der Waals surface area contributed by atoms with E-state index in [-0.39, 0.29) is 0 Å². The predicted molar refractivity (Wildman–Crippen MR) is 60.4 cm³/mol. The molecule has 0 fully saturated rings. The Morgan fingerprint density at radius 2 is 2.07 bits per heavy atom. The standard InChI is InChI=1S/C12H18N2/c1-14(2)12-6-4-9-3-5-11(13)7-10(9)8-12/h3,5,7,12H,4,6,8,13H2,1-2H3/t12-/m1/s1. The molecule has 0 bridgehead atoms. The SMILES string of the molecule is CN(C)[C@@H]1CCc2ccc(N)cc2C1. The van der Waals surface area contributed by atoms with Gasteiger partial charge in [0.05, 0.1) is 0 Å². The Bertz CT molecular complexity index is 331. The molecule has 14 heavy (non-hydrogen) atoms. The summed E-state index contributed by atoms with van der Waals surface area (Å²) in [4.78, 5) is 2.31. The van der Waals surface area contributed by atoms with E-state index >= 15 is 0 Å². The number of benzene rings is 1. The molecule has 0 aliphatic heterocycles. The molecule has 0 amide bonds. The highest BCUT2D eigenvalue weighted by Gasteiger charge is 2.19. The summed E-state index contributed by atoms with van der Waals surface area (Å²) in [6.45, 7) is 0.